The SMILES string of the molecule is COc1cccc(C2C(=O)CC3[C@H](O)C2CCN3C)c1OC. The van der Waals surface area contributed by atoms with Gasteiger partial charge in [0.15, 0.2) is 11.5 Å². The molecule has 5 heteroatoms. The number of aliphatic hydroxyl groups excluding tert-OH is 1. The third-order valence-electron chi connectivity index (χ3n) is 5.17. The molecule has 4 atom stereocenters. The minimum absolute atomic E-state index is 0.0524. The number of carbonyl (C=O) groups excluding carboxylic acids is 1. The fourth-order valence-corrected chi connectivity index (χ4v) is 4.01. The van der Waals surface area contributed by atoms with E-state index in [4.69, 9.17) is 9.47 Å². The molecule has 5 nitrogen and oxygen atoms in total. The van der Waals surface area contributed by atoms with E-state index >= 15 is 0 Å². The zero-order valence-electron chi connectivity index (χ0n) is 13.3. The van der Waals surface area contributed by atoms with Crippen LogP contribution in [0.2, 0.25) is 0 Å². The van der Waals surface area contributed by atoms with Crippen molar-refractivity contribution in [2.75, 3.05) is 27.8 Å². The first-order valence-electron chi connectivity index (χ1n) is 7.70. The van der Waals surface area contributed by atoms with Crippen molar-refractivity contribution >= 4 is 5.78 Å². The normalized spacial score (nSPS) is 31.9. The number of hydrogen-bond acceptors (Lipinski definition) is 5. The number of methoxy groups -OCH3 is 2. The molecule has 1 N–H and O–H groups in total. The minimum Gasteiger partial charge on any atom is -0.493 e. The van der Waals surface area contributed by atoms with E-state index in [1.165, 1.54) is 0 Å². The van der Waals surface area contributed by atoms with Gasteiger partial charge in [-0.1, -0.05) is 12.1 Å². The third kappa shape index (κ3) is 2.29. The van der Waals surface area contributed by atoms with Crippen LogP contribution in [-0.2, 0) is 4.79 Å². The summed E-state index contributed by atoms with van der Waals surface area (Å²) >= 11 is 0. The quantitative estimate of drug-likeness (QED) is 0.916. The summed E-state index contributed by atoms with van der Waals surface area (Å²) in [6.07, 6.45) is 0.724. The Bertz CT molecular complexity index is 574. The lowest BCUT2D eigenvalue weighted by Crippen LogP contribution is -2.57. The van der Waals surface area contributed by atoms with E-state index in [0.29, 0.717) is 17.9 Å². The fourth-order valence-electron chi connectivity index (χ4n) is 4.01. The van der Waals surface area contributed by atoms with Crippen molar-refractivity contribution < 1.29 is 19.4 Å². The molecule has 0 aromatic heterocycles. The van der Waals surface area contributed by atoms with Gasteiger partial charge in [0, 0.05) is 23.9 Å². The van der Waals surface area contributed by atoms with Crippen LogP contribution < -0.4 is 9.47 Å². The topological polar surface area (TPSA) is 59.0 Å². The van der Waals surface area contributed by atoms with Crippen molar-refractivity contribution in [3.05, 3.63) is 23.8 Å². The van der Waals surface area contributed by atoms with Gasteiger partial charge in [-0.25, -0.2) is 0 Å². The Morgan fingerprint density at radius 1 is 1.27 bits per heavy atom. The molecular formula is C17H23NO4. The predicted octanol–water partition coefficient (Wildman–Crippen LogP) is 1.44. The van der Waals surface area contributed by atoms with Gasteiger partial charge in [-0.15, -0.1) is 0 Å². The summed E-state index contributed by atoms with van der Waals surface area (Å²) < 4.78 is 10.8. The van der Waals surface area contributed by atoms with Crippen LogP contribution >= 0.6 is 0 Å². The zero-order valence-corrected chi connectivity index (χ0v) is 13.3. The largest absolute Gasteiger partial charge is 0.493 e. The maximum Gasteiger partial charge on any atom is 0.164 e. The molecule has 0 spiro atoms. The summed E-state index contributed by atoms with van der Waals surface area (Å²) in [5, 5.41) is 10.6. The Hall–Kier alpha value is -1.59. The molecular weight excluding hydrogens is 282 g/mol. The van der Waals surface area contributed by atoms with Crippen LogP contribution in [0.5, 0.6) is 11.5 Å². The number of benzene rings is 1. The number of ketones is 1. The third-order valence-corrected chi connectivity index (χ3v) is 5.17. The van der Waals surface area contributed by atoms with Crippen LogP contribution in [0, 0.1) is 5.92 Å². The van der Waals surface area contributed by atoms with Gasteiger partial charge in [-0.3, -0.25) is 4.79 Å². The van der Waals surface area contributed by atoms with Gasteiger partial charge in [0.1, 0.15) is 5.78 Å². The zero-order chi connectivity index (χ0) is 15.9. The molecule has 1 saturated carbocycles. The number of fused-ring (bicyclic) bond motifs is 2. The van der Waals surface area contributed by atoms with Crippen LogP contribution in [0.25, 0.3) is 0 Å². The highest BCUT2D eigenvalue weighted by Crippen LogP contribution is 2.46. The molecule has 2 fully saturated rings. The van der Waals surface area contributed by atoms with Gasteiger partial charge in [0.2, 0.25) is 0 Å². The Balaban J connectivity index is 2.03. The molecule has 2 bridgehead atoms. The molecule has 0 amide bonds. The molecule has 1 aromatic rings. The highest BCUT2D eigenvalue weighted by atomic mass is 16.5. The average molecular weight is 305 g/mol. The van der Waals surface area contributed by atoms with E-state index in [2.05, 4.69) is 4.90 Å². The standard InChI is InChI=1S/C17H23NO4/c1-18-8-7-10-15(13(19)9-12(18)16(10)20)11-5-4-6-14(21-2)17(11)22-3/h4-6,10,12,15-16,20H,7-9H2,1-3H3/t10?,12?,15?,16-/m1/s1. The number of rotatable bonds is 3. The predicted molar refractivity (Wildman–Crippen MR) is 82.4 cm³/mol. The smallest absolute Gasteiger partial charge is 0.164 e. The van der Waals surface area contributed by atoms with E-state index in [9.17, 15) is 9.90 Å². The van der Waals surface area contributed by atoms with Crippen LogP contribution in [0.15, 0.2) is 18.2 Å². The first-order valence-corrected chi connectivity index (χ1v) is 7.70. The summed E-state index contributed by atoms with van der Waals surface area (Å²) in [7, 11) is 5.15. The van der Waals surface area contributed by atoms with Crippen molar-refractivity contribution in [1.82, 2.24) is 4.90 Å². The van der Waals surface area contributed by atoms with Crippen molar-refractivity contribution in [3.63, 3.8) is 0 Å². The minimum atomic E-state index is -0.475. The maximum absolute atomic E-state index is 12.7. The van der Waals surface area contributed by atoms with Gasteiger partial charge < -0.3 is 19.5 Å². The number of ether oxygens (including phenoxy) is 2. The maximum atomic E-state index is 12.7. The monoisotopic (exact) mass is 305 g/mol. The average Bonchev–Trinajstić information content (AvgIpc) is 2.52. The highest BCUT2D eigenvalue weighted by molar-refractivity contribution is 5.89. The number of likely N-dealkylation sites (N-methyl/N-ethyl adjacent to an activating group) is 1. The number of aliphatic hydroxyl groups is 1. The number of nitrogens with zero attached hydrogens (tertiary/aromatic N) is 1. The first kappa shape index (κ1) is 15.3. The lowest BCUT2D eigenvalue weighted by atomic mass is 9.67. The summed E-state index contributed by atoms with van der Waals surface area (Å²) in [6.45, 7) is 0.905. The second kappa shape index (κ2) is 5.89. The van der Waals surface area contributed by atoms with Crippen molar-refractivity contribution in [1.29, 1.82) is 0 Å². The van der Waals surface area contributed by atoms with Crippen molar-refractivity contribution in [2.45, 2.75) is 30.9 Å². The van der Waals surface area contributed by atoms with Gasteiger partial charge in [0.25, 0.3) is 0 Å². The number of Topliss-reactive ketones (excluding diaryl/α,β-unsaturated/α-hetero) is 1. The summed E-state index contributed by atoms with van der Waals surface area (Å²) in [6, 6.07) is 5.55. The van der Waals surface area contributed by atoms with E-state index in [1.54, 1.807) is 14.2 Å². The molecule has 1 heterocycles. The molecule has 1 aliphatic carbocycles. The molecule has 2 aliphatic rings. The number of hydrogen-bond donors (Lipinski definition) is 1. The van der Waals surface area contributed by atoms with Crippen molar-refractivity contribution in [2.24, 2.45) is 5.92 Å². The van der Waals surface area contributed by atoms with E-state index in [-0.39, 0.29) is 23.7 Å². The van der Waals surface area contributed by atoms with Gasteiger partial charge in [-0.2, -0.15) is 0 Å². The molecule has 3 rings (SSSR count). The van der Waals surface area contributed by atoms with E-state index < -0.39 is 6.10 Å². The number of carbonyl (C=O) groups is 1. The van der Waals surface area contributed by atoms with Crippen LogP contribution in [0.4, 0.5) is 0 Å². The Morgan fingerprint density at radius 3 is 2.73 bits per heavy atom. The van der Waals surface area contributed by atoms with E-state index in [1.807, 2.05) is 25.2 Å². The molecule has 3 unspecified atom stereocenters. The molecule has 1 aromatic carbocycles. The van der Waals surface area contributed by atoms with Crippen molar-refractivity contribution in [3.8, 4) is 11.5 Å². The molecule has 1 saturated heterocycles. The van der Waals surface area contributed by atoms with Gasteiger partial charge >= 0.3 is 0 Å². The second-order valence-corrected chi connectivity index (χ2v) is 6.22. The lowest BCUT2D eigenvalue weighted by Gasteiger charge is -2.48. The Kier molecular flexibility index (Phi) is 4.10. The van der Waals surface area contributed by atoms with Crippen LogP contribution in [0.3, 0.4) is 0 Å². The molecule has 0 radical (unpaired) electrons. The summed E-state index contributed by atoms with van der Waals surface area (Å²) in [4.78, 5) is 14.8. The van der Waals surface area contributed by atoms with Gasteiger partial charge in [0.05, 0.1) is 26.2 Å². The lowest BCUT2D eigenvalue weighted by molar-refractivity contribution is -0.136. The number of para-hydroxylation sites is 1. The highest BCUT2D eigenvalue weighted by Gasteiger charge is 2.48. The fraction of sp³-hybridized carbons (Fsp3) is 0.588. The first-order chi connectivity index (χ1) is 10.6. The van der Waals surface area contributed by atoms with E-state index in [0.717, 1.165) is 18.5 Å². The molecule has 22 heavy (non-hydrogen) atoms. The molecule has 120 valence electrons. The van der Waals surface area contributed by atoms with Crippen LogP contribution in [-0.4, -0.2) is 55.7 Å². The molecule has 1 aliphatic heterocycles. The summed E-state index contributed by atoms with van der Waals surface area (Å²) in [5.41, 5.74) is 0.832. The number of piperidine rings is 1. The summed E-state index contributed by atoms with van der Waals surface area (Å²) in [5.74, 6) is 1.04. The number of likely N-dealkylation sites (tertiary alicyclic amines) is 1. The Morgan fingerprint density at radius 2 is 2.05 bits per heavy atom. The Labute approximate surface area is 130 Å². The second-order valence-electron chi connectivity index (χ2n) is 6.22. The van der Waals surface area contributed by atoms with Crippen LogP contribution in [0.1, 0.15) is 24.3 Å². The van der Waals surface area contributed by atoms with Gasteiger partial charge in [-0.05, 0) is 26.1 Å².